The number of carbonyl (C=O) groups excluding carboxylic acids is 3. The van der Waals surface area contributed by atoms with Gasteiger partial charge < -0.3 is 15.4 Å². The van der Waals surface area contributed by atoms with Crippen LogP contribution in [0.3, 0.4) is 0 Å². The molecule has 3 aromatic rings. The van der Waals surface area contributed by atoms with Gasteiger partial charge in [0.1, 0.15) is 5.75 Å². The predicted molar refractivity (Wildman–Crippen MR) is 132 cm³/mol. The van der Waals surface area contributed by atoms with Crippen molar-refractivity contribution in [1.29, 1.82) is 0 Å². The number of ether oxygens (including phenoxy) is 1. The van der Waals surface area contributed by atoms with Gasteiger partial charge in [-0.1, -0.05) is 48.0 Å². The molecule has 0 aliphatic carbocycles. The smallest absolute Gasteiger partial charge is 0.329 e. The van der Waals surface area contributed by atoms with Gasteiger partial charge in [-0.2, -0.15) is 5.10 Å². The highest BCUT2D eigenvalue weighted by atomic mass is 35.5. The van der Waals surface area contributed by atoms with Crippen LogP contribution in [0.25, 0.3) is 0 Å². The van der Waals surface area contributed by atoms with Gasteiger partial charge in [0.15, 0.2) is 6.61 Å². The van der Waals surface area contributed by atoms with Crippen LogP contribution in [0.5, 0.6) is 5.75 Å². The van der Waals surface area contributed by atoms with E-state index >= 15 is 0 Å². The number of rotatable bonds is 7. The Morgan fingerprint density at radius 2 is 1.71 bits per heavy atom. The Morgan fingerprint density at radius 3 is 2.50 bits per heavy atom. The molecular formula is C25H23ClN4O4. The third-order valence-corrected chi connectivity index (χ3v) is 4.93. The summed E-state index contributed by atoms with van der Waals surface area (Å²) in [5.74, 6) is -1.70. The van der Waals surface area contributed by atoms with Gasteiger partial charge in [0.25, 0.3) is 5.91 Å². The number of benzene rings is 3. The Bertz CT molecular complexity index is 1240. The van der Waals surface area contributed by atoms with Gasteiger partial charge in [-0.25, -0.2) is 5.43 Å². The number of anilines is 2. The van der Waals surface area contributed by atoms with Crippen LogP contribution < -0.4 is 20.8 Å². The maximum atomic E-state index is 12.2. The second-order valence-corrected chi connectivity index (χ2v) is 7.77. The van der Waals surface area contributed by atoms with E-state index in [9.17, 15) is 14.4 Å². The molecule has 3 N–H and O–H groups in total. The first-order valence-electron chi connectivity index (χ1n) is 10.3. The Balaban J connectivity index is 1.50. The van der Waals surface area contributed by atoms with Crippen LogP contribution in [0.1, 0.15) is 16.7 Å². The number of halogens is 1. The van der Waals surface area contributed by atoms with Gasteiger partial charge in [-0.15, -0.1) is 0 Å². The molecule has 3 aromatic carbocycles. The van der Waals surface area contributed by atoms with E-state index in [1.807, 2.05) is 32.0 Å². The zero-order valence-corrected chi connectivity index (χ0v) is 19.3. The summed E-state index contributed by atoms with van der Waals surface area (Å²) in [6.07, 6.45) is 1.35. The zero-order valence-electron chi connectivity index (χ0n) is 18.6. The number of carbonyl (C=O) groups is 3. The number of hydrogen-bond acceptors (Lipinski definition) is 5. The first kappa shape index (κ1) is 24.5. The van der Waals surface area contributed by atoms with Gasteiger partial charge in [-0.05, 0) is 60.9 Å². The summed E-state index contributed by atoms with van der Waals surface area (Å²) in [4.78, 5) is 36.1. The summed E-state index contributed by atoms with van der Waals surface area (Å²) in [6.45, 7) is 3.69. The number of hydrogen-bond donors (Lipinski definition) is 3. The molecular weight excluding hydrogens is 456 g/mol. The van der Waals surface area contributed by atoms with Crippen LogP contribution >= 0.6 is 11.6 Å². The lowest BCUT2D eigenvalue weighted by Crippen LogP contribution is -2.32. The van der Waals surface area contributed by atoms with Gasteiger partial charge >= 0.3 is 11.8 Å². The molecule has 0 unspecified atom stereocenters. The lowest BCUT2D eigenvalue weighted by atomic mass is 10.1. The number of nitrogens with zero attached hydrogens (tertiary/aromatic N) is 1. The minimum Gasteiger partial charge on any atom is -0.484 e. The van der Waals surface area contributed by atoms with E-state index in [0.717, 1.165) is 16.8 Å². The summed E-state index contributed by atoms with van der Waals surface area (Å²) in [5.41, 5.74) is 5.81. The fourth-order valence-corrected chi connectivity index (χ4v) is 3.03. The van der Waals surface area contributed by atoms with Crippen LogP contribution in [0, 0.1) is 13.8 Å². The maximum Gasteiger partial charge on any atom is 0.329 e. The molecule has 0 aromatic heterocycles. The predicted octanol–water partition coefficient (Wildman–Crippen LogP) is 4.06. The summed E-state index contributed by atoms with van der Waals surface area (Å²) >= 11 is 5.96. The van der Waals surface area contributed by atoms with Crippen molar-refractivity contribution < 1.29 is 19.1 Å². The standard InChI is InChI=1S/C25H23ClN4O4/c1-16-10-11-17(2)22(12-16)28-23(31)15-34-19-7-5-6-18(13-19)14-27-30-25(33)24(32)29-21-9-4-3-8-20(21)26/h3-14H,15H2,1-2H3,(H,28,31)(H,29,32)(H,30,33)/b27-14-. The summed E-state index contributed by atoms with van der Waals surface area (Å²) in [6, 6.07) is 19.1. The average Bonchev–Trinajstić information content (AvgIpc) is 2.82. The molecule has 0 aliphatic rings. The fourth-order valence-electron chi connectivity index (χ4n) is 2.85. The van der Waals surface area contributed by atoms with Crippen LogP contribution in [0.4, 0.5) is 11.4 Å². The van der Waals surface area contributed by atoms with Crippen molar-refractivity contribution in [2.24, 2.45) is 5.10 Å². The van der Waals surface area contributed by atoms with Crippen molar-refractivity contribution in [3.63, 3.8) is 0 Å². The molecule has 0 saturated carbocycles. The van der Waals surface area contributed by atoms with Gasteiger partial charge in [-0.3, -0.25) is 14.4 Å². The van der Waals surface area contributed by atoms with Crippen molar-refractivity contribution in [2.45, 2.75) is 13.8 Å². The first-order valence-corrected chi connectivity index (χ1v) is 10.7. The number of amides is 3. The van der Waals surface area contributed by atoms with E-state index in [4.69, 9.17) is 16.3 Å². The molecule has 0 heterocycles. The lowest BCUT2D eigenvalue weighted by Gasteiger charge is -2.10. The SMILES string of the molecule is Cc1ccc(C)c(NC(=O)COc2cccc(/C=N\NC(=O)C(=O)Nc3ccccc3Cl)c2)c1. The fraction of sp³-hybridized carbons (Fsp3) is 0.120. The Labute approximate surface area is 202 Å². The van der Waals surface area contributed by atoms with Crippen LogP contribution in [-0.4, -0.2) is 30.5 Å². The van der Waals surface area contributed by atoms with Crippen molar-refractivity contribution in [3.05, 3.63) is 88.4 Å². The van der Waals surface area contributed by atoms with Gasteiger partial charge in [0.05, 0.1) is 16.9 Å². The second-order valence-electron chi connectivity index (χ2n) is 7.36. The highest BCUT2D eigenvalue weighted by Crippen LogP contribution is 2.20. The van der Waals surface area contributed by atoms with E-state index in [1.165, 1.54) is 6.21 Å². The van der Waals surface area contributed by atoms with E-state index in [0.29, 0.717) is 22.0 Å². The van der Waals surface area contributed by atoms with E-state index < -0.39 is 11.8 Å². The highest BCUT2D eigenvalue weighted by Gasteiger charge is 2.14. The minimum atomic E-state index is -0.952. The summed E-state index contributed by atoms with van der Waals surface area (Å²) in [5, 5.41) is 9.33. The van der Waals surface area contributed by atoms with E-state index in [-0.39, 0.29) is 12.5 Å². The summed E-state index contributed by atoms with van der Waals surface area (Å²) < 4.78 is 5.56. The number of aryl methyl sites for hydroxylation is 2. The highest BCUT2D eigenvalue weighted by molar-refractivity contribution is 6.41. The molecule has 8 nitrogen and oxygen atoms in total. The van der Waals surface area contributed by atoms with E-state index in [2.05, 4.69) is 21.2 Å². The average molecular weight is 479 g/mol. The van der Waals surface area contributed by atoms with Gasteiger partial charge in [0.2, 0.25) is 0 Å². The Morgan fingerprint density at radius 1 is 0.912 bits per heavy atom. The molecule has 34 heavy (non-hydrogen) atoms. The molecule has 0 bridgehead atoms. The molecule has 0 fully saturated rings. The molecule has 0 radical (unpaired) electrons. The third-order valence-electron chi connectivity index (χ3n) is 4.60. The third kappa shape index (κ3) is 7.18. The second kappa shape index (κ2) is 11.6. The minimum absolute atomic E-state index is 0.174. The molecule has 174 valence electrons. The lowest BCUT2D eigenvalue weighted by molar-refractivity contribution is -0.136. The van der Waals surface area contributed by atoms with Crippen molar-refractivity contribution >= 4 is 46.9 Å². The molecule has 0 spiro atoms. The van der Waals surface area contributed by atoms with Crippen molar-refractivity contribution in [1.82, 2.24) is 5.43 Å². The number of para-hydroxylation sites is 1. The van der Waals surface area contributed by atoms with Crippen molar-refractivity contribution in [2.75, 3.05) is 17.2 Å². The molecule has 0 aliphatic heterocycles. The number of nitrogens with one attached hydrogen (secondary N) is 3. The quantitative estimate of drug-likeness (QED) is 0.270. The van der Waals surface area contributed by atoms with Crippen molar-refractivity contribution in [3.8, 4) is 5.75 Å². The van der Waals surface area contributed by atoms with E-state index in [1.54, 1.807) is 48.5 Å². The monoisotopic (exact) mass is 478 g/mol. The topological polar surface area (TPSA) is 109 Å². The van der Waals surface area contributed by atoms with Crippen LogP contribution in [-0.2, 0) is 14.4 Å². The maximum absolute atomic E-state index is 12.2. The zero-order chi connectivity index (χ0) is 24.5. The number of hydrazone groups is 1. The Kier molecular flexibility index (Phi) is 8.37. The molecule has 3 amide bonds. The normalized spacial score (nSPS) is 10.6. The Hall–Kier alpha value is -4.17. The van der Waals surface area contributed by atoms with Crippen LogP contribution in [0.2, 0.25) is 5.02 Å². The molecule has 0 atom stereocenters. The first-order chi connectivity index (χ1) is 16.3. The molecule has 3 rings (SSSR count). The van der Waals surface area contributed by atoms with Crippen LogP contribution in [0.15, 0.2) is 71.8 Å². The van der Waals surface area contributed by atoms with Gasteiger partial charge in [0, 0.05) is 5.69 Å². The molecule has 0 saturated heterocycles. The molecule has 9 heteroatoms. The largest absolute Gasteiger partial charge is 0.484 e. The summed E-state index contributed by atoms with van der Waals surface area (Å²) in [7, 11) is 0.